The monoisotopic (exact) mass is 436 g/mol. The van der Waals surface area contributed by atoms with E-state index in [1.807, 2.05) is 29.2 Å². The van der Waals surface area contributed by atoms with Crippen molar-refractivity contribution < 1.29 is 9.59 Å². The number of benzene rings is 1. The lowest BCUT2D eigenvalue weighted by Crippen LogP contribution is -2.39. The topological polar surface area (TPSA) is 95.2 Å². The van der Waals surface area contributed by atoms with Crippen LogP contribution in [0.1, 0.15) is 56.8 Å². The van der Waals surface area contributed by atoms with E-state index < -0.39 is 0 Å². The summed E-state index contributed by atoms with van der Waals surface area (Å²) in [6.07, 6.45) is 5.13. The molecule has 1 saturated carbocycles. The van der Waals surface area contributed by atoms with Crippen LogP contribution in [0.25, 0.3) is 10.2 Å². The first-order valence-corrected chi connectivity index (χ1v) is 11.5. The SMILES string of the molecule is Cc1c(C(=O)NC2CCC(CN3Cc4ccccc4C3=O)CC2)sc2nc[nH]c(=O)c12. The number of amides is 2. The number of hydrogen-bond acceptors (Lipinski definition) is 5. The lowest BCUT2D eigenvalue weighted by atomic mass is 9.85. The number of aromatic amines is 1. The second-order valence-corrected chi connectivity index (χ2v) is 9.50. The van der Waals surface area contributed by atoms with Crippen LogP contribution in [0.3, 0.4) is 0 Å². The normalized spacial score (nSPS) is 20.8. The molecular weight excluding hydrogens is 412 g/mol. The highest BCUT2D eigenvalue weighted by Crippen LogP contribution is 2.30. The van der Waals surface area contributed by atoms with Crippen LogP contribution < -0.4 is 10.9 Å². The molecule has 1 aliphatic heterocycles. The summed E-state index contributed by atoms with van der Waals surface area (Å²) in [5, 5.41) is 3.64. The largest absolute Gasteiger partial charge is 0.349 e. The van der Waals surface area contributed by atoms with Gasteiger partial charge in [-0.2, -0.15) is 0 Å². The molecule has 3 aromatic rings. The van der Waals surface area contributed by atoms with Gasteiger partial charge in [0.05, 0.1) is 16.6 Å². The number of aryl methyl sites for hydroxylation is 1. The second kappa shape index (κ2) is 7.92. The summed E-state index contributed by atoms with van der Waals surface area (Å²) < 4.78 is 0. The number of nitrogens with zero attached hydrogens (tertiary/aromatic N) is 2. The van der Waals surface area contributed by atoms with Crippen LogP contribution in [-0.2, 0) is 6.54 Å². The summed E-state index contributed by atoms with van der Waals surface area (Å²) in [4.78, 5) is 47.4. The van der Waals surface area contributed by atoms with E-state index in [9.17, 15) is 14.4 Å². The zero-order chi connectivity index (χ0) is 21.5. The van der Waals surface area contributed by atoms with Crippen molar-refractivity contribution in [2.75, 3.05) is 6.54 Å². The van der Waals surface area contributed by atoms with Crippen molar-refractivity contribution in [2.24, 2.45) is 5.92 Å². The van der Waals surface area contributed by atoms with Gasteiger partial charge in [0.1, 0.15) is 4.83 Å². The molecule has 0 unspecified atom stereocenters. The molecule has 8 heteroatoms. The van der Waals surface area contributed by atoms with Crippen molar-refractivity contribution in [1.82, 2.24) is 20.2 Å². The first kappa shape index (κ1) is 19.9. The minimum absolute atomic E-state index is 0.117. The zero-order valence-corrected chi connectivity index (χ0v) is 18.1. The third-order valence-electron chi connectivity index (χ3n) is 6.50. The van der Waals surface area contributed by atoms with E-state index in [1.54, 1.807) is 6.92 Å². The number of nitrogens with one attached hydrogen (secondary N) is 2. The molecule has 2 aliphatic rings. The quantitative estimate of drug-likeness (QED) is 0.656. The number of thiophene rings is 1. The van der Waals surface area contributed by atoms with Gasteiger partial charge in [-0.15, -0.1) is 11.3 Å². The molecule has 160 valence electrons. The molecule has 31 heavy (non-hydrogen) atoms. The van der Waals surface area contributed by atoms with Crippen LogP contribution in [0.15, 0.2) is 35.4 Å². The molecule has 0 atom stereocenters. The van der Waals surface area contributed by atoms with Gasteiger partial charge in [-0.05, 0) is 55.7 Å². The third kappa shape index (κ3) is 3.65. The lowest BCUT2D eigenvalue weighted by Gasteiger charge is -2.31. The first-order valence-electron chi connectivity index (χ1n) is 10.7. The molecule has 1 fully saturated rings. The van der Waals surface area contributed by atoms with E-state index in [0.717, 1.165) is 43.4 Å². The predicted molar refractivity (Wildman–Crippen MR) is 119 cm³/mol. The maximum atomic E-state index is 12.9. The Morgan fingerprint density at radius 2 is 2.00 bits per heavy atom. The molecule has 2 aromatic heterocycles. The van der Waals surface area contributed by atoms with Crippen LogP contribution in [0, 0.1) is 12.8 Å². The summed E-state index contributed by atoms with van der Waals surface area (Å²) in [5.41, 5.74) is 2.42. The first-order chi connectivity index (χ1) is 15.0. The van der Waals surface area contributed by atoms with Crippen molar-refractivity contribution in [1.29, 1.82) is 0 Å². The average Bonchev–Trinajstić information content (AvgIpc) is 3.28. The van der Waals surface area contributed by atoms with E-state index in [4.69, 9.17) is 0 Å². The number of aromatic nitrogens is 2. The van der Waals surface area contributed by atoms with Gasteiger partial charge in [0, 0.05) is 24.7 Å². The summed E-state index contributed by atoms with van der Waals surface area (Å²) in [5.74, 6) is 0.462. The van der Waals surface area contributed by atoms with Crippen LogP contribution in [0.4, 0.5) is 0 Å². The van der Waals surface area contributed by atoms with Crippen molar-refractivity contribution >= 4 is 33.4 Å². The fraction of sp³-hybridized carbons (Fsp3) is 0.391. The fourth-order valence-corrected chi connectivity index (χ4v) is 5.86. The van der Waals surface area contributed by atoms with Gasteiger partial charge >= 0.3 is 0 Å². The van der Waals surface area contributed by atoms with Crippen molar-refractivity contribution in [3.05, 3.63) is 62.5 Å². The molecule has 1 aromatic carbocycles. The molecule has 5 rings (SSSR count). The van der Waals surface area contributed by atoms with E-state index in [0.29, 0.717) is 33.1 Å². The third-order valence-corrected chi connectivity index (χ3v) is 7.69. The van der Waals surface area contributed by atoms with E-state index in [2.05, 4.69) is 15.3 Å². The summed E-state index contributed by atoms with van der Waals surface area (Å²) >= 11 is 1.26. The number of carbonyl (C=O) groups is 2. The number of carbonyl (C=O) groups excluding carboxylic acids is 2. The van der Waals surface area contributed by atoms with Gasteiger partial charge in [0.2, 0.25) is 0 Å². The zero-order valence-electron chi connectivity index (χ0n) is 17.3. The highest BCUT2D eigenvalue weighted by molar-refractivity contribution is 7.20. The molecule has 0 bridgehead atoms. The van der Waals surface area contributed by atoms with Gasteiger partial charge in [-0.25, -0.2) is 4.98 Å². The maximum absolute atomic E-state index is 12.9. The van der Waals surface area contributed by atoms with Crippen LogP contribution >= 0.6 is 11.3 Å². The van der Waals surface area contributed by atoms with Gasteiger partial charge in [0.15, 0.2) is 0 Å². The van der Waals surface area contributed by atoms with Crippen LogP contribution in [-0.4, -0.2) is 39.3 Å². The van der Waals surface area contributed by atoms with Gasteiger partial charge < -0.3 is 15.2 Å². The van der Waals surface area contributed by atoms with Crippen molar-refractivity contribution in [3.63, 3.8) is 0 Å². The fourth-order valence-electron chi connectivity index (χ4n) is 4.81. The lowest BCUT2D eigenvalue weighted by molar-refractivity contribution is 0.0732. The molecular formula is C23H24N4O3S. The highest BCUT2D eigenvalue weighted by atomic mass is 32.1. The molecule has 0 radical (unpaired) electrons. The van der Waals surface area contributed by atoms with Gasteiger partial charge in [-0.1, -0.05) is 18.2 Å². The van der Waals surface area contributed by atoms with E-state index in [-0.39, 0.29) is 23.4 Å². The molecule has 2 amide bonds. The Morgan fingerprint density at radius 1 is 1.23 bits per heavy atom. The Bertz CT molecular complexity index is 1220. The molecule has 0 spiro atoms. The molecule has 0 saturated heterocycles. The molecule has 2 N–H and O–H groups in total. The van der Waals surface area contributed by atoms with E-state index in [1.165, 1.54) is 17.7 Å². The summed E-state index contributed by atoms with van der Waals surface area (Å²) in [6, 6.07) is 7.95. The number of fused-ring (bicyclic) bond motifs is 2. The predicted octanol–water partition coefficient (Wildman–Crippen LogP) is 3.24. The van der Waals surface area contributed by atoms with Gasteiger partial charge in [-0.3, -0.25) is 14.4 Å². The minimum Gasteiger partial charge on any atom is -0.349 e. The molecule has 3 heterocycles. The van der Waals surface area contributed by atoms with Crippen LogP contribution in [0.5, 0.6) is 0 Å². The highest BCUT2D eigenvalue weighted by Gasteiger charge is 2.31. The Balaban J connectivity index is 1.18. The second-order valence-electron chi connectivity index (χ2n) is 8.50. The molecule has 7 nitrogen and oxygen atoms in total. The Labute approximate surface area is 183 Å². The maximum Gasteiger partial charge on any atom is 0.261 e. The standard InChI is InChI=1S/C23H24N4O3S/c1-13-18-20(28)24-12-25-22(18)31-19(13)21(29)26-16-8-6-14(7-9-16)10-27-11-15-4-2-3-5-17(15)23(27)30/h2-5,12,14,16H,6-11H2,1H3,(H,26,29)(H,24,25,28). The minimum atomic E-state index is -0.211. The van der Waals surface area contributed by atoms with Crippen molar-refractivity contribution in [2.45, 2.75) is 45.2 Å². The van der Waals surface area contributed by atoms with Crippen LogP contribution in [0.2, 0.25) is 0 Å². The number of hydrogen-bond donors (Lipinski definition) is 2. The average molecular weight is 437 g/mol. The summed E-state index contributed by atoms with van der Waals surface area (Å²) in [6.45, 7) is 3.27. The number of H-pyrrole nitrogens is 1. The summed E-state index contributed by atoms with van der Waals surface area (Å²) in [7, 11) is 0. The molecule has 1 aliphatic carbocycles. The Morgan fingerprint density at radius 3 is 2.74 bits per heavy atom. The smallest absolute Gasteiger partial charge is 0.261 e. The van der Waals surface area contributed by atoms with E-state index >= 15 is 0 Å². The Kier molecular flexibility index (Phi) is 5.09. The number of rotatable bonds is 4. The Hall–Kier alpha value is -3.00. The van der Waals surface area contributed by atoms with Crippen molar-refractivity contribution in [3.8, 4) is 0 Å². The van der Waals surface area contributed by atoms with Gasteiger partial charge in [0.25, 0.3) is 17.4 Å².